The second kappa shape index (κ2) is 6.29. The molecule has 0 radical (unpaired) electrons. The number of H-pyrrole nitrogens is 1. The Balaban J connectivity index is 1.67. The van der Waals surface area contributed by atoms with E-state index in [1.165, 1.54) is 0 Å². The number of nitrogens with zero attached hydrogens (tertiary/aromatic N) is 2. The van der Waals surface area contributed by atoms with Crippen molar-refractivity contribution in [3.8, 4) is 0 Å². The molecule has 1 N–H and O–H groups in total. The SMILES string of the molecule is O=C(c1cc2cc(Cl)ccc2[nH]1)N1CCCC[C@H]1c1cccnc1. The quantitative estimate of drug-likeness (QED) is 0.742. The average Bonchev–Trinajstić information content (AvgIpc) is 3.05. The Morgan fingerprint density at radius 3 is 3.00 bits per heavy atom. The van der Waals surface area contributed by atoms with Gasteiger partial charge in [-0.3, -0.25) is 9.78 Å². The Morgan fingerprint density at radius 2 is 2.17 bits per heavy atom. The van der Waals surface area contributed by atoms with Gasteiger partial charge in [0.1, 0.15) is 5.69 Å². The number of hydrogen-bond acceptors (Lipinski definition) is 2. The topological polar surface area (TPSA) is 49.0 Å². The highest BCUT2D eigenvalue weighted by atomic mass is 35.5. The van der Waals surface area contributed by atoms with Crippen LogP contribution in [0.3, 0.4) is 0 Å². The number of fused-ring (bicyclic) bond motifs is 1. The Kier molecular flexibility index (Phi) is 3.98. The van der Waals surface area contributed by atoms with E-state index in [4.69, 9.17) is 11.6 Å². The van der Waals surface area contributed by atoms with Crippen LogP contribution in [-0.2, 0) is 0 Å². The van der Waals surface area contributed by atoms with E-state index in [2.05, 4.69) is 9.97 Å². The lowest BCUT2D eigenvalue weighted by Crippen LogP contribution is -2.38. The fraction of sp³-hybridized carbons (Fsp3) is 0.263. The summed E-state index contributed by atoms with van der Waals surface area (Å²) in [5.41, 5.74) is 2.64. The zero-order valence-corrected chi connectivity index (χ0v) is 14.0. The molecule has 0 aliphatic carbocycles. The van der Waals surface area contributed by atoms with Gasteiger partial charge in [-0.1, -0.05) is 17.7 Å². The van der Waals surface area contributed by atoms with Crippen molar-refractivity contribution in [2.45, 2.75) is 25.3 Å². The van der Waals surface area contributed by atoms with Crippen LogP contribution in [0.2, 0.25) is 5.02 Å². The van der Waals surface area contributed by atoms with E-state index in [0.717, 1.165) is 42.3 Å². The molecule has 0 bridgehead atoms. The van der Waals surface area contributed by atoms with E-state index >= 15 is 0 Å². The summed E-state index contributed by atoms with van der Waals surface area (Å²) in [4.78, 5) is 22.5. The molecule has 1 aliphatic heterocycles. The number of hydrogen-bond donors (Lipinski definition) is 1. The minimum Gasteiger partial charge on any atom is -0.351 e. The Bertz CT molecular complexity index is 875. The molecular weight excluding hydrogens is 322 g/mol. The van der Waals surface area contributed by atoms with Crippen LogP contribution in [0.5, 0.6) is 0 Å². The highest BCUT2D eigenvalue weighted by molar-refractivity contribution is 6.31. The molecule has 1 aromatic carbocycles. The van der Waals surface area contributed by atoms with E-state index in [1.54, 1.807) is 6.20 Å². The van der Waals surface area contributed by atoms with Crippen molar-refractivity contribution in [3.63, 3.8) is 0 Å². The number of aromatic nitrogens is 2. The van der Waals surface area contributed by atoms with Gasteiger partial charge in [0.15, 0.2) is 0 Å². The minimum atomic E-state index is 0.0378. The van der Waals surface area contributed by atoms with Crippen LogP contribution in [-0.4, -0.2) is 27.3 Å². The van der Waals surface area contributed by atoms with Gasteiger partial charge in [0.2, 0.25) is 0 Å². The van der Waals surface area contributed by atoms with Gasteiger partial charge >= 0.3 is 0 Å². The van der Waals surface area contributed by atoms with Crippen LogP contribution >= 0.6 is 11.6 Å². The molecule has 3 heterocycles. The third-order valence-corrected chi connectivity index (χ3v) is 4.88. The predicted octanol–water partition coefficient (Wildman–Crippen LogP) is 4.58. The second-order valence-electron chi connectivity index (χ2n) is 6.21. The molecule has 0 spiro atoms. The average molecular weight is 340 g/mol. The smallest absolute Gasteiger partial charge is 0.270 e. The molecule has 0 saturated carbocycles. The Hall–Kier alpha value is -2.33. The van der Waals surface area contributed by atoms with Crippen molar-refractivity contribution in [2.75, 3.05) is 6.54 Å². The van der Waals surface area contributed by atoms with E-state index in [1.807, 2.05) is 47.5 Å². The second-order valence-corrected chi connectivity index (χ2v) is 6.65. The number of benzene rings is 1. The van der Waals surface area contributed by atoms with Crippen LogP contribution in [0.1, 0.15) is 41.4 Å². The third kappa shape index (κ3) is 2.78. The van der Waals surface area contributed by atoms with E-state index in [9.17, 15) is 4.79 Å². The molecule has 1 saturated heterocycles. The largest absolute Gasteiger partial charge is 0.351 e. The molecule has 1 amide bonds. The van der Waals surface area contributed by atoms with E-state index in [-0.39, 0.29) is 11.9 Å². The van der Waals surface area contributed by atoms with Gasteiger partial charge in [0, 0.05) is 34.9 Å². The summed E-state index contributed by atoms with van der Waals surface area (Å²) >= 11 is 6.04. The van der Waals surface area contributed by atoms with Crippen molar-refractivity contribution >= 4 is 28.4 Å². The summed E-state index contributed by atoms with van der Waals surface area (Å²) in [6.45, 7) is 0.772. The van der Waals surface area contributed by atoms with Gasteiger partial charge in [-0.05, 0) is 55.2 Å². The molecule has 122 valence electrons. The van der Waals surface area contributed by atoms with Gasteiger partial charge in [-0.25, -0.2) is 0 Å². The van der Waals surface area contributed by atoms with E-state index in [0.29, 0.717) is 10.7 Å². The predicted molar refractivity (Wildman–Crippen MR) is 95.2 cm³/mol. The summed E-state index contributed by atoms with van der Waals surface area (Å²) in [7, 11) is 0. The van der Waals surface area contributed by atoms with Crippen LogP contribution in [0.15, 0.2) is 48.8 Å². The molecule has 1 fully saturated rings. The van der Waals surface area contributed by atoms with Crippen molar-refractivity contribution in [3.05, 3.63) is 65.1 Å². The molecule has 2 aromatic heterocycles. The molecule has 3 aromatic rings. The lowest BCUT2D eigenvalue weighted by atomic mass is 9.96. The van der Waals surface area contributed by atoms with Crippen molar-refractivity contribution in [1.82, 2.24) is 14.9 Å². The lowest BCUT2D eigenvalue weighted by molar-refractivity contribution is 0.0606. The first-order chi connectivity index (χ1) is 11.7. The fourth-order valence-corrected chi connectivity index (χ4v) is 3.65. The molecule has 0 unspecified atom stereocenters. The molecule has 5 heteroatoms. The van der Waals surface area contributed by atoms with Gasteiger partial charge in [-0.15, -0.1) is 0 Å². The number of halogens is 1. The molecule has 4 nitrogen and oxygen atoms in total. The number of rotatable bonds is 2. The van der Waals surface area contributed by atoms with Crippen LogP contribution in [0.25, 0.3) is 10.9 Å². The highest BCUT2D eigenvalue weighted by Crippen LogP contribution is 2.32. The van der Waals surface area contributed by atoms with Crippen LogP contribution in [0, 0.1) is 0 Å². The maximum absolute atomic E-state index is 13.1. The van der Waals surface area contributed by atoms with Gasteiger partial charge in [-0.2, -0.15) is 0 Å². The standard InChI is InChI=1S/C19H18ClN3O/c20-15-6-7-16-14(10-15)11-17(22-16)19(24)23-9-2-1-5-18(23)13-4-3-8-21-12-13/h3-4,6-8,10-12,18,22H,1-2,5,9H2/t18-/m0/s1. The number of nitrogens with one attached hydrogen (secondary N) is 1. The summed E-state index contributed by atoms with van der Waals surface area (Å²) in [5.74, 6) is 0.0378. The zero-order chi connectivity index (χ0) is 16.5. The summed E-state index contributed by atoms with van der Waals surface area (Å²) in [6.07, 6.45) is 6.77. The first-order valence-corrected chi connectivity index (χ1v) is 8.59. The summed E-state index contributed by atoms with van der Waals surface area (Å²) in [6, 6.07) is 11.6. The van der Waals surface area contributed by atoms with Crippen molar-refractivity contribution < 1.29 is 4.79 Å². The van der Waals surface area contributed by atoms with Crippen molar-refractivity contribution in [2.24, 2.45) is 0 Å². The number of piperidine rings is 1. The normalized spacial score (nSPS) is 18.0. The number of pyridine rings is 1. The lowest BCUT2D eigenvalue weighted by Gasteiger charge is -2.35. The highest BCUT2D eigenvalue weighted by Gasteiger charge is 2.29. The summed E-state index contributed by atoms with van der Waals surface area (Å²) < 4.78 is 0. The van der Waals surface area contributed by atoms with Crippen LogP contribution in [0.4, 0.5) is 0 Å². The van der Waals surface area contributed by atoms with Crippen molar-refractivity contribution in [1.29, 1.82) is 0 Å². The minimum absolute atomic E-state index is 0.0378. The van der Waals surface area contributed by atoms with Gasteiger partial charge < -0.3 is 9.88 Å². The van der Waals surface area contributed by atoms with Gasteiger partial charge in [0.25, 0.3) is 5.91 Å². The number of aromatic amines is 1. The summed E-state index contributed by atoms with van der Waals surface area (Å²) in [5, 5.41) is 1.63. The van der Waals surface area contributed by atoms with E-state index < -0.39 is 0 Å². The third-order valence-electron chi connectivity index (χ3n) is 4.65. The zero-order valence-electron chi connectivity index (χ0n) is 13.2. The first kappa shape index (κ1) is 15.2. The number of likely N-dealkylation sites (tertiary alicyclic amines) is 1. The molecule has 1 aliphatic rings. The molecule has 1 atom stereocenters. The number of carbonyl (C=O) groups excluding carboxylic acids is 1. The number of carbonyl (C=O) groups is 1. The molecule has 24 heavy (non-hydrogen) atoms. The Labute approximate surface area is 145 Å². The van der Waals surface area contributed by atoms with Crippen LogP contribution < -0.4 is 0 Å². The Morgan fingerprint density at radius 1 is 1.25 bits per heavy atom. The van der Waals surface area contributed by atoms with Gasteiger partial charge in [0.05, 0.1) is 6.04 Å². The number of amides is 1. The molecule has 4 rings (SSSR count). The maximum Gasteiger partial charge on any atom is 0.270 e. The molecular formula is C19H18ClN3O. The fourth-order valence-electron chi connectivity index (χ4n) is 3.47. The monoisotopic (exact) mass is 339 g/mol. The maximum atomic E-state index is 13.1. The first-order valence-electron chi connectivity index (χ1n) is 8.21.